The number of piperidine rings is 1. The Kier molecular flexibility index (Phi) is 3.94. The van der Waals surface area contributed by atoms with Crippen LogP contribution in [0.4, 0.5) is 5.95 Å². The van der Waals surface area contributed by atoms with Crippen LogP contribution in [-0.4, -0.2) is 34.5 Å². The van der Waals surface area contributed by atoms with Crippen molar-refractivity contribution in [2.24, 2.45) is 0 Å². The third-order valence-corrected chi connectivity index (χ3v) is 3.45. The van der Waals surface area contributed by atoms with E-state index in [2.05, 4.69) is 34.0 Å². The highest BCUT2D eigenvalue weighted by atomic mass is 15.2. The molecule has 0 saturated carbocycles. The molecule has 1 N–H and O–H groups in total. The molecule has 0 amide bonds. The summed E-state index contributed by atoms with van der Waals surface area (Å²) in [6.45, 7) is 5.71. The first-order valence-electron chi connectivity index (χ1n) is 6.49. The minimum absolute atomic E-state index is 0.457. The summed E-state index contributed by atoms with van der Waals surface area (Å²) in [5.74, 6) is 0.719. The zero-order chi connectivity index (χ0) is 12.3. The Morgan fingerprint density at radius 1 is 1.41 bits per heavy atom. The van der Waals surface area contributed by atoms with Crippen LogP contribution in [-0.2, 0) is 0 Å². The van der Waals surface area contributed by atoms with Crippen molar-refractivity contribution in [3.8, 4) is 0 Å². The van der Waals surface area contributed by atoms with E-state index in [1.54, 1.807) is 0 Å². The van der Waals surface area contributed by atoms with Gasteiger partial charge in [-0.1, -0.05) is 6.42 Å². The molecule has 94 valence electrons. The predicted octanol–water partition coefficient (Wildman–Crippen LogP) is 2.45. The highest BCUT2D eigenvalue weighted by molar-refractivity contribution is 5.25. The number of hydrogen-bond donors (Lipinski definition) is 1. The minimum atomic E-state index is 0.457. The van der Waals surface area contributed by atoms with Crippen LogP contribution >= 0.6 is 0 Å². The Hall–Kier alpha value is -1.16. The number of nitrogens with one attached hydrogen (secondary N) is 1. The van der Waals surface area contributed by atoms with Gasteiger partial charge in [0, 0.05) is 19.3 Å². The molecule has 1 aliphatic heterocycles. The van der Waals surface area contributed by atoms with Crippen molar-refractivity contribution in [1.82, 2.24) is 14.9 Å². The van der Waals surface area contributed by atoms with Crippen LogP contribution < -0.4 is 5.32 Å². The van der Waals surface area contributed by atoms with Crippen molar-refractivity contribution >= 4 is 5.95 Å². The molecule has 0 bridgehead atoms. The minimum Gasteiger partial charge on any atom is -0.357 e. The van der Waals surface area contributed by atoms with Crippen molar-refractivity contribution in [2.75, 3.05) is 18.9 Å². The van der Waals surface area contributed by atoms with Gasteiger partial charge in [0.1, 0.15) is 0 Å². The molecule has 17 heavy (non-hydrogen) atoms. The Bertz CT molecular complexity index is 364. The van der Waals surface area contributed by atoms with Crippen molar-refractivity contribution in [2.45, 2.75) is 45.2 Å². The maximum Gasteiger partial charge on any atom is 0.222 e. The van der Waals surface area contributed by atoms with E-state index in [-0.39, 0.29) is 0 Å². The van der Waals surface area contributed by atoms with Gasteiger partial charge in [0.2, 0.25) is 5.95 Å². The van der Waals surface area contributed by atoms with Gasteiger partial charge in [-0.2, -0.15) is 0 Å². The van der Waals surface area contributed by atoms with Gasteiger partial charge in [-0.3, -0.25) is 4.90 Å². The Labute approximate surface area is 103 Å². The average Bonchev–Trinajstić information content (AvgIpc) is 2.39. The summed E-state index contributed by atoms with van der Waals surface area (Å²) in [4.78, 5) is 11.3. The number of rotatable bonds is 3. The molecule has 0 radical (unpaired) electrons. The first-order chi connectivity index (χ1) is 8.22. The fourth-order valence-electron chi connectivity index (χ4n) is 2.57. The summed E-state index contributed by atoms with van der Waals surface area (Å²) >= 11 is 0. The van der Waals surface area contributed by atoms with E-state index >= 15 is 0 Å². The molecular weight excluding hydrogens is 212 g/mol. The number of likely N-dealkylation sites (tertiary alicyclic amines) is 1. The first-order valence-corrected chi connectivity index (χ1v) is 6.49. The molecule has 1 aromatic heterocycles. The summed E-state index contributed by atoms with van der Waals surface area (Å²) in [5.41, 5.74) is 1.15. The molecule has 1 unspecified atom stereocenters. The second-order valence-corrected chi connectivity index (χ2v) is 4.90. The third-order valence-electron chi connectivity index (χ3n) is 3.45. The van der Waals surface area contributed by atoms with Crippen molar-refractivity contribution in [1.29, 1.82) is 0 Å². The summed E-state index contributed by atoms with van der Waals surface area (Å²) in [7, 11) is 1.86. The molecule has 1 atom stereocenters. The molecular formula is C13H22N4. The summed E-state index contributed by atoms with van der Waals surface area (Å²) in [6.07, 6.45) is 5.66. The van der Waals surface area contributed by atoms with Crippen LogP contribution in [0.1, 0.15) is 44.8 Å². The zero-order valence-corrected chi connectivity index (χ0v) is 11.0. The largest absolute Gasteiger partial charge is 0.357 e. The highest BCUT2D eigenvalue weighted by Gasteiger charge is 2.26. The van der Waals surface area contributed by atoms with Crippen LogP contribution in [0.15, 0.2) is 12.3 Å². The lowest BCUT2D eigenvalue weighted by molar-refractivity contribution is 0.109. The van der Waals surface area contributed by atoms with Gasteiger partial charge >= 0.3 is 0 Å². The summed E-state index contributed by atoms with van der Waals surface area (Å²) < 4.78 is 0. The highest BCUT2D eigenvalue weighted by Crippen LogP contribution is 2.31. The van der Waals surface area contributed by atoms with Crippen LogP contribution in [0.2, 0.25) is 0 Å². The molecule has 2 heterocycles. The lowest BCUT2D eigenvalue weighted by Crippen LogP contribution is -2.38. The molecule has 4 heteroatoms. The molecule has 1 aliphatic rings. The van der Waals surface area contributed by atoms with Gasteiger partial charge in [0.05, 0.1) is 11.7 Å². The monoisotopic (exact) mass is 234 g/mol. The molecule has 0 spiro atoms. The third kappa shape index (κ3) is 2.75. The van der Waals surface area contributed by atoms with Crippen LogP contribution in [0.25, 0.3) is 0 Å². The summed E-state index contributed by atoms with van der Waals surface area (Å²) in [6, 6.07) is 3.08. The SMILES string of the molecule is CNc1nccc(C2CCCCN2C(C)C)n1. The summed E-state index contributed by atoms with van der Waals surface area (Å²) in [5, 5.41) is 3.01. The lowest BCUT2D eigenvalue weighted by atomic mass is 9.97. The lowest BCUT2D eigenvalue weighted by Gasteiger charge is -2.38. The quantitative estimate of drug-likeness (QED) is 0.872. The standard InChI is InChI=1S/C13H22N4/c1-10(2)17-9-5-4-6-12(17)11-7-8-15-13(14-3)16-11/h7-8,10,12H,4-6,9H2,1-3H3,(H,14,15,16). The van der Waals surface area contributed by atoms with Crippen LogP contribution in [0.5, 0.6) is 0 Å². The number of anilines is 1. The van der Waals surface area contributed by atoms with Crippen LogP contribution in [0, 0.1) is 0 Å². The first kappa shape index (κ1) is 12.3. The molecule has 4 nitrogen and oxygen atoms in total. The van der Waals surface area contributed by atoms with E-state index in [4.69, 9.17) is 0 Å². The van der Waals surface area contributed by atoms with Gasteiger partial charge < -0.3 is 5.32 Å². The maximum absolute atomic E-state index is 4.58. The molecule has 0 aliphatic carbocycles. The number of nitrogens with zero attached hydrogens (tertiary/aromatic N) is 3. The van der Waals surface area contributed by atoms with E-state index < -0.39 is 0 Å². The van der Waals surface area contributed by atoms with E-state index in [1.165, 1.54) is 25.8 Å². The van der Waals surface area contributed by atoms with E-state index in [0.717, 1.165) is 11.6 Å². The van der Waals surface area contributed by atoms with Gasteiger partial charge in [0.15, 0.2) is 0 Å². The molecule has 0 aromatic carbocycles. The second-order valence-electron chi connectivity index (χ2n) is 4.90. The van der Waals surface area contributed by atoms with E-state index in [0.29, 0.717) is 12.1 Å². The van der Waals surface area contributed by atoms with Gasteiger partial charge in [-0.25, -0.2) is 9.97 Å². The maximum atomic E-state index is 4.58. The normalized spacial score (nSPS) is 21.8. The zero-order valence-electron chi connectivity index (χ0n) is 11.0. The van der Waals surface area contributed by atoms with Gasteiger partial charge in [0.25, 0.3) is 0 Å². The van der Waals surface area contributed by atoms with Crippen molar-refractivity contribution in [3.05, 3.63) is 18.0 Å². The molecule has 1 aromatic rings. The van der Waals surface area contributed by atoms with Gasteiger partial charge in [-0.05, 0) is 39.3 Å². The Morgan fingerprint density at radius 3 is 2.94 bits per heavy atom. The topological polar surface area (TPSA) is 41.1 Å². The Morgan fingerprint density at radius 2 is 2.24 bits per heavy atom. The smallest absolute Gasteiger partial charge is 0.222 e. The van der Waals surface area contributed by atoms with E-state index in [1.807, 2.05) is 19.3 Å². The fourth-order valence-corrected chi connectivity index (χ4v) is 2.57. The molecule has 1 fully saturated rings. The average molecular weight is 234 g/mol. The molecule has 1 saturated heterocycles. The van der Waals surface area contributed by atoms with Gasteiger partial charge in [-0.15, -0.1) is 0 Å². The van der Waals surface area contributed by atoms with E-state index in [9.17, 15) is 0 Å². The second kappa shape index (κ2) is 5.45. The predicted molar refractivity (Wildman–Crippen MR) is 70.0 cm³/mol. The fraction of sp³-hybridized carbons (Fsp3) is 0.692. The number of aromatic nitrogens is 2. The number of hydrogen-bond acceptors (Lipinski definition) is 4. The van der Waals surface area contributed by atoms with Crippen molar-refractivity contribution in [3.63, 3.8) is 0 Å². The molecule has 2 rings (SSSR count). The van der Waals surface area contributed by atoms with Crippen molar-refractivity contribution < 1.29 is 0 Å². The van der Waals surface area contributed by atoms with Crippen LogP contribution in [0.3, 0.4) is 0 Å². The Balaban J connectivity index is 2.22.